The van der Waals surface area contributed by atoms with Crippen molar-refractivity contribution in [2.45, 2.75) is 12.4 Å². The van der Waals surface area contributed by atoms with Gasteiger partial charge >= 0.3 is 12.4 Å². The Bertz CT molecular complexity index is 446. The largest absolute Gasteiger partial charge is 0.418 e. The fourth-order valence-corrected chi connectivity index (χ4v) is 1.52. The smallest absolute Gasteiger partial charge is 0.382 e. The number of nitrogens with one attached hydrogen (secondary N) is 1. The molecule has 20 heavy (non-hydrogen) atoms. The zero-order valence-corrected chi connectivity index (χ0v) is 10.7. The number of halogens is 7. The summed E-state index contributed by atoms with van der Waals surface area (Å²) >= 11 is 5.48. The zero-order chi connectivity index (χ0) is 15.4. The Morgan fingerprint density at radius 1 is 1.10 bits per heavy atom. The van der Waals surface area contributed by atoms with Gasteiger partial charge in [-0.25, -0.2) is 0 Å². The first-order chi connectivity index (χ1) is 9.09. The third kappa shape index (κ3) is 5.87. The number of rotatable bonds is 5. The van der Waals surface area contributed by atoms with E-state index in [0.717, 1.165) is 12.1 Å². The van der Waals surface area contributed by atoms with E-state index in [1.165, 1.54) is 6.07 Å². The Hall–Kier alpha value is -1.15. The Morgan fingerprint density at radius 3 is 2.30 bits per heavy atom. The molecule has 0 saturated carbocycles. The molecule has 114 valence electrons. The van der Waals surface area contributed by atoms with Gasteiger partial charge in [-0.1, -0.05) is 11.6 Å². The lowest BCUT2D eigenvalue weighted by Crippen LogP contribution is -2.20. The summed E-state index contributed by atoms with van der Waals surface area (Å²) in [6.07, 6.45) is -9.07. The topological polar surface area (TPSA) is 21.3 Å². The molecule has 0 aliphatic heterocycles. The Morgan fingerprint density at radius 2 is 1.75 bits per heavy atom. The van der Waals surface area contributed by atoms with Gasteiger partial charge in [0.25, 0.3) is 0 Å². The minimum absolute atomic E-state index is 0.0869. The molecule has 0 amide bonds. The van der Waals surface area contributed by atoms with Gasteiger partial charge in [0.05, 0.1) is 12.2 Å². The third-order valence-electron chi connectivity index (χ3n) is 2.11. The molecular weight excluding hydrogens is 312 g/mol. The van der Waals surface area contributed by atoms with Gasteiger partial charge in [0, 0.05) is 17.3 Å². The first kappa shape index (κ1) is 16.9. The maximum Gasteiger partial charge on any atom is 0.418 e. The quantitative estimate of drug-likeness (QED) is 0.643. The first-order valence-corrected chi connectivity index (χ1v) is 5.72. The van der Waals surface area contributed by atoms with Crippen LogP contribution in [0.5, 0.6) is 0 Å². The molecule has 1 aromatic rings. The summed E-state index contributed by atoms with van der Waals surface area (Å²) in [5.41, 5.74) is -1.25. The molecule has 0 fully saturated rings. The second-order valence-corrected chi connectivity index (χ2v) is 4.22. The summed E-state index contributed by atoms with van der Waals surface area (Å²) in [5.74, 6) is 0. The van der Waals surface area contributed by atoms with Gasteiger partial charge in [-0.3, -0.25) is 0 Å². The molecule has 9 heteroatoms. The second kappa shape index (κ2) is 6.53. The standard InChI is InChI=1S/C11H10ClF6NO/c12-7-1-2-9(8(5-7)11(16,17)18)19-3-4-20-6-10(13,14)15/h1-2,5,19H,3-4,6H2. The van der Waals surface area contributed by atoms with Crippen molar-refractivity contribution in [2.24, 2.45) is 0 Å². The average Bonchev–Trinajstić information content (AvgIpc) is 2.27. The van der Waals surface area contributed by atoms with Crippen LogP contribution in [-0.2, 0) is 10.9 Å². The zero-order valence-electron chi connectivity index (χ0n) is 9.91. The van der Waals surface area contributed by atoms with Gasteiger partial charge in [0.1, 0.15) is 6.61 Å². The highest BCUT2D eigenvalue weighted by Gasteiger charge is 2.33. The summed E-state index contributed by atoms with van der Waals surface area (Å²) in [6.45, 7) is -2.01. The summed E-state index contributed by atoms with van der Waals surface area (Å²) in [4.78, 5) is 0. The molecule has 0 bridgehead atoms. The van der Waals surface area contributed by atoms with E-state index in [9.17, 15) is 26.3 Å². The van der Waals surface area contributed by atoms with Crippen LogP contribution >= 0.6 is 11.6 Å². The molecule has 0 saturated heterocycles. The van der Waals surface area contributed by atoms with Crippen molar-refractivity contribution < 1.29 is 31.1 Å². The van der Waals surface area contributed by atoms with Crippen molar-refractivity contribution in [2.75, 3.05) is 25.1 Å². The Labute approximate surface area is 115 Å². The number of anilines is 1. The lowest BCUT2D eigenvalue weighted by molar-refractivity contribution is -0.172. The monoisotopic (exact) mass is 321 g/mol. The van der Waals surface area contributed by atoms with Crippen LogP contribution in [0.2, 0.25) is 5.02 Å². The Kier molecular flexibility index (Phi) is 5.52. The number of benzene rings is 1. The summed E-state index contributed by atoms with van der Waals surface area (Å²) in [6, 6.07) is 3.09. The molecule has 0 aliphatic rings. The summed E-state index contributed by atoms with van der Waals surface area (Å²) in [7, 11) is 0. The highest BCUT2D eigenvalue weighted by atomic mass is 35.5. The van der Waals surface area contributed by atoms with Crippen LogP contribution in [0.15, 0.2) is 18.2 Å². The fraction of sp³-hybridized carbons (Fsp3) is 0.455. The van der Waals surface area contributed by atoms with Gasteiger partial charge in [0.2, 0.25) is 0 Å². The van der Waals surface area contributed by atoms with E-state index in [1.807, 2.05) is 0 Å². The van der Waals surface area contributed by atoms with Crippen LogP contribution in [0.4, 0.5) is 32.0 Å². The number of alkyl halides is 6. The molecule has 1 aromatic carbocycles. The van der Waals surface area contributed by atoms with E-state index < -0.39 is 24.5 Å². The van der Waals surface area contributed by atoms with Gasteiger partial charge in [-0.2, -0.15) is 26.3 Å². The number of hydrogen-bond acceptors (Lipinski definition) is 2. The van der Waals surface area contributed by atoms with E-state index in [-0.39, 0.29) is 23.9 Å². The first-order valence-electron chi connectivity index (χ1n) is 5.35. The second-order valence-electron chi connectivity index (χ2n) is 3.78. The normalized spacial score (nSPS) is 12.6. The lowest BCUT2D eigenvalue weighted by Gasteiger charge is -2.15. The molecule has 0 atom stereocenters. The SMILES string of the molecule is FC(F)(F)COCCNc1ccc(Cl)cc1C(F)(F)F. The maximum atomic E-state index is 12.7. The summed E-state index contributed by atoms with van der Waals surface area (Å²) < 4.78 is 77.6. The van der Waals surface area contributed by atoms with Crippen LogP contribution in [0.3, 0.4) is 0 Å². The highest BCUT2D eigenvalue weighted by molar-refractivity contribution is 6.30. The Balaban J connectivity index is 2.56. The molecule has 0 radical (unpaired) electrons. The maximum absolute atomic E-state index is 12.7. The fourth-order valence-electron chi connectivity index (χ4n) is 1.35. The summed E-state index contributed by atoms with van der Waals surface area (Å²) in [5, 5.41) is 2.28. The molecular formula is C11H10ClF6NO. The predicted octanol–water partition coefficient (Wildman–Crippen LogP) is 4.35. The average molecular weight is 322 g/mol. The molecule has 2 nitrogen and oxygen atoms in total. The van der Waals surface area contributed by atoms with Crippen LogP contribution in [0.25, 0.3) is 0 Å². The van der Waals surface area contributed by atoms with Gasteiger partial charge in [-0.05, 0) is 18.2 Å². The van der Waals surface area contributed by atoms with Crippen molar-refractivity contribution in [3.63, 3.8) is 0 Å². The van der Waals surface area contributed by atoms with E-state index in [1.54, 1.807) is 0 Å². The van der Waals surface area contributed by atoms with Crippen molar-refractivity contribution in [3.05, 3.63) is 28.8 Å². The number of ether oxygens (including phenoxy) is 1. The van der Waals surface area contributed by atoms with Crippen molar-refractivity contribution in [1.82, 2.24) is 0 Å². The van der Waals surface area contributed by atoms with Gasteiger partial charge in [-0.15, -0.1) is 0 Å². The van der Waals surface area contributed by atoms with Crippen molar-refractivity contribution >= 4 is 17.3 Å². The van der Waals surface area contributed by atoms with Crippen LogP contribution < -0.4 is 5.32 Å². The molecule has 0 unspecified atom stereocenters. The molecule has 1 rings (SSSR count). The van der Waals surface area contributed by atoms with Gasteiger partial charge < -0.3 is 10.1 Å². The van der Waals surface area contributed by atoms with Crippen LogP contribution in [0, 0.1) is 0 Å². The molecule has 0 heterocycles. The molecule has 0 aliphatic carbocycles. The third-order valence-corrected chi connectivity index (χ3v) is 2.35. The highest BCUT2D eigenvalue weighted by Crippen LogP contribution is 2.36. The molecule has 0 aromatic heterocycles. The lowest BCUT2D eigenvalue weighted by atomic mass is 10.1. The van der Waals surface area contributed by atoms with Crippen molar-refractivity contribution in [3.8, 4) is 0 Å². The van der Waals surface area contributed by atoms with E-state index in [0.29, 0.717) is 0 Å². The van der Waals surface area contributed by atoms with Crippen molar-refractivity contribution in [1.29, 1.82) is 0 Å². The molecule has 0 spiro atoms. The van der Waals surface area contributed by atoms with E-state index >= 15 is 0 Å². The van der Waals surface area contributed by atoms with Gasteiger partial charge in [0.15, 0.2) is 0 Å². The van der Waals surface area contributed by atoms with E-state index in [2.05, 4.69) is 10.1 Å². The number of hydrogen-bond donors (Lipinski definition) is 1. The minimum atomic E-state index is -4.61. The van der Waals surface area contributed by atoms with E-state index in [4.69, 9.17) is 11.6 Å². The molecule has 1 N–H and O–H groups in total. The van der Waals surface area contributed by atoms with Crippen LogP contribution in [0.1, 0.15) is 5.56 Å². The predicted molar refractivity (Wildman–Crippen MR) is 61.8 cm³/mol. The van der Waals surface area contributed by atoms with Crippen LogP contribution in [-0.4, -0.2) is 25.9 Å². The minimum Gasteiger partial charge on any atom is -0.382 e.